The Bertz CT molecular complexity index is 1110. The summed E-state index contributed by atoms with van der Waals surface area (Å²) in [5, 5.41) is 0. The third-order valence-electron chi connectivity index (χ3n) is 12.9. The minimum Gasteiger partial charge on any atom is -0.462 e. The molecule has 0 aromatic rings. The standard InChI is InChI=1S/C60H110O6/c1-4-7-10-13-16-19-22-25-27-29-30-31-33-35-38-41-44-47-50-53-59(62)65-56-57(55-64-58(61)52-49-46-43-40-37-34-24-21-18-15-12-9-6-3)66-60(63)54-51-48-45-42-39-36-32-28-26-23-20-17-14-11-8-5-2/h16,19,25,27,30-31,57H,4-15,17-18,20-24,26,28-29,32-56H2,1-3H3/b19-16-,27-25-,31-30-. The maximum atomic E-state index is 12.8. The lowest BCUT2D eigenvalue weighted by molar-refractivity contribution is -0.167. The van der Waals surface area contributed by atoms with Crippen LogP contribution in [-0.4, -0.2) is 37.2 Å². The predicted octanol–water partition coefficient (Wildman–Crippen LogP) is 19.3. The fraction of sp³-hybridized carbons (Fsp3) is 0.850. The molecule has 1 atom stereocenters. The van der Waals surface area contributed by atoms with Gasteiger partial charge >= 0.3 is 17.9 Å². The highest BCUT2D eigenvalue weighted by atomic mass is 16.6. The molecule has 0 aliphatic heterocycles. The first-order valence-corrected chi connectivity index (χ1v) is 29.0. The van der Waals surface area contributed by atoms with Crippen LogP contribution in [0.5, 0.6) is 0 Å². The van der Waals surface area contributed by atoms with E-state index < -0.39 is 6.10 Å². The SMILES string of the molecule is CCCCC/C=C\C/C=C\C/C=C\CCCCCCCCC(=O)OCC(COC(=O)CCCCCCCCCCCCCCC)OC(=O)CCCCCCCCCCCCCCCCCC. The summed E-state index contributed by atoms with van der Waals surface area (Å²) in [6.07, 6.45) is 65.5. The van der Waals surface area contributed by atoms with Crippen molar-refractivity contribution in [1.82, 2.24) is 0 Å². The molecule has 0 saturated heterocycles. The average Bonchev–Trinajstić information content (AvgIpc) is 3.31. The lowest BCUT2D eigenvalue weighted by Crippen LogP contribution is -2.30. The highest BCUT2D eigenvalue weighted by molar-refractivity contribution is 5.71. The highest BCUT2D eigenvalue weighted by Crippen LogP contribution is 2.17. The van der Waals surface area contributed by atoms with Crippen LogP contribution in [0, 0.1) is 0 Å². The number of unbranched alkanes of at least 4 members (excludes halogenated alkanes) is 36. The molecule has 0 N–H and O–H groups in total. The second kappa shape index (κ2) is 55.2. The molecule has 386 valence electrons. The summed E-state index contributed by atoms with van der Waals surface area (Å²) >= 11 is 0. The van der Waals surface area contributed by atoms with Crippen LogP contribution in [0.1, 0.15) is 310 Å². The first kappa shape index (κ1) is 63.6. The fourth-order valence-corrected chi connectivity index (χ4v) is 8.51. The van der Waals surface area contributed by atoms with Crippen LogP contribution in [0.15, 0.2) is 36.5 Å². The minimum absolute atomic E-state index is 0.0714. The van der Waals surface area contributed by atoms with Gasteiger partial charge in [-0.15, -0.1) is 0 Å². The minimum atomic E-state index is -0.773. The number of carbonyl (C=O) groups excluding carboxylic acids is 3. The van der Waals surface area contributed by atoms with E-state index in [9.17, 15) is 14.4 Å². The van der Waals surface area contributed by atoms with E-state index in [4.69, 9.17) is 14.2 Å². The van der Waals surface area contributed by atoms with Crippen LogP contribution in [0.3, 0.4) is 0 Å². The maximum absolute atomic E-state index is 12.8. The van der Waals surface area contributed by atoms with E-state index >= 15 is 0 Å². The Hall–Kier alpha value is -2.37. The molecule has 0 rings (SSSR count). The molecule has 6 heteroatoms. The van der Waals surface area contributed by atoms with Gasteiger partial charge in [0, 0.05) is 19.3 Å². The van der Waals surface area contributed by atoms with Crippen molar-refractivity contribution >= 4 is 17.9 Å². The monoisotopic (exact) mass is 927 g/mol. The summed E-state index contributed by atoms with van der Waals surface area (Å²) in [7, 11) is 0. The zero-order valence-electron chi connectivity index (χ0n) is 44.2. The van der Waals surface area contributed by atoms with Crippen molar-refractivity contribution in [3.8, 4) is 0 Å². The number of ether oxygens (including phenoxy) is 3. The van der Waals surface area contributed by atoms with Crippen LogP contribution in [-0.2, 0) is 28.6 Å². The molecule has 0 spiro atoms. The van der Waals surface area contributed by atoms with Crippen molar-refractivity contribution in [2.45, 2.75) is 316 Å². The van der Waals surface area contributed by atoms with Crippen molar-refractivity contribution in [3.05, 3.63) is 36.5 Å². The van der Waals surface area contributed by atoms with E-state index in [0.29, 0.717) is 19.3 Å². The zero-order chi connectivity index (χ0) is 47.9. The van der Waals surface area contributed by atoms with Crippen LogP contribution in [0.2, 0.25) is 0 Å². The first-order valence-electron chi connectivity index (χ1n) is 29.0. The first-order chi connectivity index (χ1) is 32.5. The number of hydrogen-bond acceptors (Lipinski definition) is 6. The summed E-state index contributed by atoms with van der Waals surface area (Å²) in [6, 6.07) is 0. The van der Waals surface area contributed by atoms with Gasteiger partial charge < -0.3 is 14.2 Å². The van der Waals surface area contributed by atoms with Crippen molar-refractivity contribution < 1.29 is 28.6 Å². The van der Waals surface area contributed by atoms with Crippen LogP contribution in [0.25, 0.3) is 0 Å². The Labute approximate surface area is 410 Å². The molecule has 0 aromatic carbocycles. The molecule has 6 nitrogen and oxygen atoms in total. The Morgan fingerprint density at radius 1 is 0.303 bits per heavy atom. The molecule has 0 aromatic heterocycles. The molecule has 0 heterocycles. The Morgan fingerprint density at radius 2 is 0.545 bits per heavy atom. The van der Waals surface area contributed by atoms with E-state index in [1.807, 2.05) is 0 Å². The Balaban J connectivity index is 4.34. The van der Waals surface area contributed by atoms with Crippen molar-refractivity contribution in [2.75, 3.05) is 13.2 Å². The molecular formula is C60H110O6. The largest absolute Gasteiger partial charge is 0.462 e. The molecular weight excluding hydrogens is 817 g/mol. The van der Waals surface area contributed by atoms with E-state index in [1.54, 1.807) is 0 Å². The molecule has 0 amide bonds. The second-order valence-corrected chi connectivity index (χ2v) is 19.6. The summed E-state index contributed by atoms with van der Waals surface area (Å²) in [4.78, 5) is 38.1. The number of rotatable bonds is 53. The highest BCUT2D eigenvalue weighted by Gasteiger charge is 2.19. The molecule has 0 aliphatic rings. The van der Waals surface area contributed by atoms with Gasteiger partial charge in [-0.25, -0.2) is 0 Å². The van der Waals surface area contributed by atoms with Gasteiger partial charge in [-0.2, -0.15) is 0 Å². The molecule has 0 bridgehead atoms. The average molecular weight is 928 g/mol. The lowest BCUT2D eigenvalue weighted by atomic mass is 10.0. The second-order valence-electron chi connectivity index (χ2n) is 19.6. The fourth-order valence-electron chi connectivity index (χ4n) is 8.51. The van der Waals surface area contributed by atoms with Crippen LogP contribution >= 0.6 is 0 Å². The van der Waals surface area contributed by atoms with Crippen molar-refractivity contribution in [3.63, 3.8) is 0 Å². The smallest absolute Gasteiger partial charge is 0.306 e. The molecule has 0 aliphatic carbocycles. The van der Waals surface area contributed by atoms with E-state index in [0.717, 1.165) is 77.0 Å². The molecule has 66 heavy (non-hydrogen) atoms. The third kappa shape index (κ3) is 52.6. The summed E-state index contributed by atoms with van der Waals surface area (Å²) in [5.74, 6) is -0.865. The maximum Gasteiger partial charge on any atom is 0.306 e. The Morgan fingerprint density at radius 3 is 0.879 bits per heavy atom. The normalized spacial score (nSPS) is 12.2. The number of hydrogen-bond donors (Lipinski definition) is 0. The molecule has 0 saturated carbocycles. The third-order valence-corrected chi connectivity index (χ3v) is 12.9. The van der Waals surface area contributed by atoms with Gasteiger partial charge in [0.15, 0.2) is 6.10 Å². The van der Waals surface area contributed by atoms with Gasteiger partial charge in [0.1, 0.15) is 13.2 Å². The number of esters is 3. The topological polar surface area (TPSA) is 78.9 Å². The number of allylic oxidation sites excluding steroid dienone is 6. The van der Waals surface area contributed by atoms with Gasteiger partial charge in [0.05, 0.1) is 0 Å². The van der Waals surface area contributed by atoms with Crippen molar-refractivity contribution in [2.24, 2.45) is 0 Å². The van der Waals surface area contributed by atoms with Gasteiger partial charge in [-0.05, 0) is 57.8 Å². The molecule has 1 unspecified atom stereocenters. The summed E-state index contributed by atoms with van der Waals surface area (Å²) < 4.78 is 16.9. The Kier molecular flexibility index (Phi) is 53.2. The summed E-state index contributed by atoms with van der Waals surface area (Å²) in [6.45, 7) is 6.64. The van der Waals surface area contributed by atoms with E-state index in [2.05, 4.69) is 57.2 Å². The summed E-state index contributed by atoms with van der Waals surface area (Å²) in [5.41, 5.74) is 0. The van der Waals surface area contributed by atoms with Gasteiger partial charge in [0.2, 0.25) is 0 Å². The molecule has 0 radical (unpaired) electrons. The van der Waals surface area contributed by atoms with Gasteiger partial charge in [0.25, 0.3) is 0 Å². The quantitative estimate of drug-likeness (QED) is 0.0262. The van der Waals surface area contributed by atoms with Gasteiger partial charge in [-0.1, -0.05) is 269 Å². The van der Waals surface area contributed by atoms with Crippen LogP contribution < -0.4 is 0 Å². The van der Waals surface area contributed by atoms with Crippen LogP contribution in [0.4, 0.5) is 0 Å². The van der Waals surface area contributed by atoms with Gasteiger partial charge in [-0.3, -0.25) is 14.4 Å². The lowest BCUT2D eigenvalue weighted by Gasteiger charge is -2.18. The zero-order valence-corrected chi connectivity index (χ0v) is 44.2. The van der Waals surface area contributed by atoms with E-state index in [-0.39, 0.29) is 31.1 Å². The number of carbonyl (C=O) groups is 3. The van der Waals surface area contributed by atoms with E-state index in [1.165, 1.54) is 193 Å². The van der Waals surface area contributed by atoms with Crippen molar-refractivity contribution in [1.29, 1.82) is 0 Å². The predicted molar refractivity (Wildman–Crippen MR) is 284 cm³/mol. The molecule has 0 fully saturated rings.